The molecule has 0 aliphatic rings. The molecule has 0 fully saturated rings. The SMILES string of the molecule is N=C(N)C(CCCN)(CCCN)C(=N)N. The van der Waals surface area contributed by atoms with Crippen LogP contribution in [0.1, 0.15) is 25.7 Å². The standard InChI is InChI=1S/C9H22N6/c10-5-1-3-9(7(12)13,8(14)15)4-2-6-11/h1-6,10-11H2,(H3,12,13)(H3,14,15). The first-order chi connectivity index (χ1) is 7.01. The predicted molar refractivity (Wildman–Crippen MR) is 62.8 cm³/mol. The average Bonchev–Trinajstić information content (AvgIpc) is 2.17. The van der Waals surface area contributed by atoms with Crippen LogP contribution in [0.5, 0.6) is 0 Å². The topological polar surface area (TPSA) is 152 Å². The van der Waals surface area contributed by atoms with E-state index in [2.05, 4.69) is 0 Å². The number of rotatable bonds is 8. The molecule has 0 bridgehead atoms. The molecule has 0 saturated heterocycles. The van der Waals surface area contributed by atoms with Crippen molar-refractivity contribution in [2.45, 2.75) is 25.7 Å². The summed E-state index contributed by atoms with van der Waals surface area (Å²) >= 11 is 0. The van der Waals surface area contributed by atoms with Crippen LogP contribution in [0, 0.1) is 16.2 Å². The van der Waals surface area contributed by atoms with Crippen molar-refractivity contribution in [2.75, 3.05) is 13.1 Å². The van der Waals surface area contributed by atoms with Crippen LogP contribution < -0.4 is 22.9 Å². The maximum absolute atomic E-state index is 7.56. The molecule has 6 nitrogen and oxygen atoms in total. The van der Waals surface area contributed by atoms with Crippen LogP contribution >= 0.6 is 0 Å². The van der Waals surface area contributed by atoms with Gasteiger partial charge in [-0.1, -0.05) is 0 Å². The molecule has 0 atom stereocenters. The van der Waals surface area contributed by atoms with Gasteiger partial charge < -0.3 is 22.9 Å². The Hall–Kier alpha value is -1.14. The van der Waals surface area contributed by atoms with Crippen molar-refractivity contribution in [3.8, 4) is 0 Å². The third-order valence-electron chi connectivity index (χ3n) is 2.65. The lowest BCUT2D eigenvalue weighted by atomic mass is 9.76. The lowest BCUT2D eigenvalue weighted by Gasteiger charge is -2.31. The van der Waals surface area contributed by atoms with Crippen LogP contribution in [0.15, 0.2) is 0 Å². The van der Waals surface area contributed by atoms with Crippen molar-refractivity contribution in [3.05, 3.63) is 0 Å². The van der Waals surface area contributed by atoms with Gasteiger partial charge in [-0.2, -0.15) is 0 Å². The van der Waals surface area contributed by atoms with E-state index in [-0.39, 0.29) is 11.7 Å². The molecule has 0 amide bonds. The molecular formula is C9H22N6. The van der Waals surface area contributed by atoms with Crippen molar-refractivity contribution in [1.29, 1.82) is 10.8 Å². The molecule has 0 aliphatic carbocycles. The van der Waals surface area contributed by atoms with E-state index in [1.54, 1.807) is 0 Å². The van der Waals surface area contributed by atoms with Crippen LogP contribution in [0.2, 0.25) is 0 Å². The molecule has 0 aromatic heterocycles. The summed E-state index contributed by atoms with van der Waals surface area (Å²) in [6.45, 7) is 1.01. The Morgan fingerprint density at radius 3 is 1.40 bits per heavy atom. The summed E-state index contributed by atoms with van der Waals surface area (Å²) in [5, 5.41) is 15.1. The van der Waals surface area contributed by atoms with Gasteiger partial charge in [0.15, 0.2) is 0 Å². The summed E-state index contributed by atoms with van der Waals surface area (Å²) in [6.07, 6.45) is 2.50. The second kappa shape index (κ2) is 6.36. The number of nitrogens with two attached hydrogens (primary N) is 4. The fraction of sp³-hybridized carbons (Fsp3) is 0.778. The number of hydrogen-bond acceptors (Lipinski definition) is 4. The first kappa shape index (κ1) is 13.9. The molecule has 0 aromatic carbocycles. The summed E-state index contributed by atoms with van der Waals surface area (Å²) in [7, 11) is 0. The molecule has 0 radical (unpaired) electrons. The van der Waals surface area contributed by atoms with E-state index < -0.39 is 5.41 Å². The Kier molecular flexibility index (Phi) is 5.88. The fourth-order valence-corrected chi connectivity index (χ4v) is 1.62. The van der Waals surface area contributed by atoms with Crippen molar-refractivity contribution in [2.24, 2.45) is 28.3 Å². The Labute approximate surface area is 90.4 Å². The lowest BCUT2D eigenvalue weighted by molar-refractivity contribution is 0.444. The average molecular weight is 214 g/mol. The fourth-order valence-electron chi connectivity index (χ4n) is 1.62. The van der Waals surface area contributed by atoms with Gasteiger partial charge in [-0.3, -0.25) is 10.8 Å². The van der Waals surface area contributed by atoms with Gasteiger partial charge in [-0.05, 0) is 38.8 Å². The second-order valence-electron chi connectivity index (χ2n) is 3.69. The predicted octanol–water partition coefficient (Wildman–Crippen LogP) is -0.677. The van der Waals surface area contributed by atoms with E-state index in [4.69, 9.17) is 33.8 Å². The zero-order valence-corrected chi connectivity index (χ0v) is 9.05. The molecule has 15 heavy (non-hydrogen) atoms. The molecule has 6 heteroatoms. The van der Waals surface area contributed by atoms with Crippen LogP contribution in [-0.4, -0.2) is 24.8 Å². The van der Waals surface area contributed by atoms with Gasteiger partial charge in [0, 0.05) is 0 Å². The van der Waals surface area contributed by atoms with Crippen molar-refractivity contribution in [1.82, 2.24) is 0 Å². The van der Waals surface area contributed by atoms with Crippen molar-refractivity contribution >= 4 is 11.7 Å². The van der Waals surface area contributed by atoms with Gasteiger partial charge >= 0.3 is 0 Å². The molecule has 0 unspecified atom stereocenters. The van der Waals surface area contributed by atoms with E-state index in [0.717, 1.165) is 0 Å². The van der Waals surface area contributed by atoms with Gasteiger partial charge in [0.25, 0.3) is 0 Å². The normalized spacial score (nSPS) is 11.3. The third-order valence-corrected chi connectivity index (χ3v) is 2.65. The lowest BCUT2D eigenvalue weighted by Crippen LogP contribution is -2.47. The van der Waals surface area contributed by atoms with E-state index in [0.29, 0.717) is 38.8 Å². The molecule has 0 aromatic rings. The zero-order chi connectivity index (χ0) is 11.9. The van der Waals surface area contributed by atoms with Gasteiger partial charge in [0.1, 0.15) is 11.7 Å². The molecule has 0 rings (SSSR count). The highest BCUT2D eigenvalue weighted by atomic mass is 14.8. The molecule has 0 heterocycles. The van der Waals surface area contributed by atoms with E-state index in [9.17, 15) is 0 Å². The summed E-state index contributed by atoms with van der Waals surface area (Å²) in [6, 6.07) is 0. The minimum Gasteiger partial charge on any atom is -0.387 e. The zero-order valence-electron chi connectivity index (χ0n) is 9.05. The van der Waals surface area contributed by atoms with Gasteiger partial charge in [0.2, 0.25) is 0 Å². The third kappa shape index (κ3) is 3.49. The molecular weight excluding hydrogens is 192 g/mol. The van der Waals surface area contributed by atoms with Gasteiger partial charge in [-0.25, -0.2) is 0 Å². The summed E-state index contributed by atoms with van der Waals surface area (Å²) in [5.74, 6) is -0.117. The molecule has 0 spiro atoms. The maximum Gasteiger partial charge on any atom is 0.105 e. The highest BCUT2D eigenvalue weighted by Gasteiger charge is 2.35. The number of amidine groups is 2. The summed E-state index contributed by atoms with van der Waals surface area (Å²) in [5.41, 5.74) is 21.1. The van der Waals surface area contributed by atoms with E-state index in [1.807, 2.05) is 0 Å². The number of hydrogen-bond donors (Lipinski definition) is 6. The van der Waals surface area contributed by atoms with Gasteiger partial charge in [0.05, 0.1) is 5.41 Å². The first-order valence-electron chi connectivity index (χ1n) is 5.10. The smallest absolute Gasteiger partial charge is 0.105 e. The first-order valence-corrected chi connectivity index (χ1v) is 5.10. The quantitative estimate of drug-likeness (QED) is 0.234. The monoisotopic (exact) mass is 214 g/mol. The molecule has 0 aliphatic heterocycles. The van der Waals surface area contributed by atoms with Crippen molar-refractivity contribution < 1.29 is 0 Å². The van der Waals surface area contributed by atoms with Gasteiger partial charge in [-0.15, -0.1) is 0 Å². The second-order valence-corrected chi connectivity index (χ2v) is 3.69. The summed E-state index contributed by atoms with van der Waals surface area (Å²) in [4.78, 5) is 0. The molecule has 0 saturated carbocycles. The molecule has 88 valence electrons. The minimum absolute atomic E-state index is 0.0584. The molecule has 10 N–H and O–H groups in total. The van der Waals surface area contributed by atoms with E-state index >= 15 is 0 Å². The Bertz CT molecular complexity index is 201. The number of nitrogens with one attached hydrogen (secondary N) is 2. The Balaban J connectivity index is 4.73. The minimum atomic E-state index is -0.835. The highest BCUT2D eigenvalue weighted by molar-refractivity contribution is 6.06. The highest BCUT2D eigenvalue weighted by Crippen LogP contribution is 2.29. The summed E-state index contributed by atoms with van der Waals surface area (Å²) < 4.78 is 0. The maximum atomic E-state index is 7.56. The van der Waals surface area contributed by atoms with Crippen LogP contribution in [0.4, 0.5) is 0 Å². The van der Waals surface area contributed by atoms with Crippen LogP contribution in [0.3, 0.4) is 0 Å². The largest absolute Gasteiger partial charge is 0.387 e. The van der Waals surface area contributed by atoms with Crippen molar-refractivity contribution in [3.63, 3.8) is 0 Å². The Morgan fingerprint density at radius 2 is 1.20 bits per heavy atom. The Morgan fingerprint density at radius 1 is 0.867 bits per heavy atom. The van der Waals surface area contributed by atoms with E-state index in [1.165, 1.54) is 0 Å². The van der Waals surface area contributed by atoms with Crippen LogP contribution in [0.25, 0.3) is 0 Å². The van der Waals surface area contributed by atoms with Crippen LogP contribution in [-0.2, 0) is 0 Å².